The summed E-state index contributed by atoms with van der Waals surface area (Å²) in [5.41, 5.74) is 7.93. The first-order valence-corrected chi connectivity index (χ1v) is 6.21. The molecular weight excluding hydrogens is 200 g/mol. The number of nitrogen functional groups attached to an aromatic ring is 1. The number of nitrogens with one attached hydrogen (secondary N) is 1. The second kappa shape index (κ2) is 5.77. The molecule has 3 N–H and O–H groups in total. The van der Waals surface area contributed by atoms with E-state index in [0.717, 1.165) is 42.9 Å². The molecular formula is C12H24N4. The van der Waals surface area contributed by atoms with E-state index < -0.39 is 0 Å². The molecule has 0 saturated heterocycles. The zero-order chi connectivity index (χ0) is 12.1. The predicted octanol–water partition coefficient (Wildman–Crippen LogP) is 2.56. The van der Waals surface area contributed by atoms with Crippen molar-refractivity contribution in [2.24, 2.45) is 7.05 Å². The predicted molar refractivity (Wildman–Crippen MR) is 69.6 cm³/mol. The van der Waals surface area contributed by atoms with Crippen LogP contribution in [0.25, 0.3) is 0 Å². The van der Waals surface area contributed by atoms with Gasteiger partial charge in [0.15, 0.2) is 0 Å². The minimum absolute atomic E-state index is 0.479. The fraction of sp³-hybridized carbons (Fsp3) is 0.750. The molecule has 16 heavy (non-hydrogen) atoms. The number of aromatic nitrogens is 2. The molecule has 4 nitrogen and oxygen atoms in total. The van der Waals surface area contributed by atoms with Crippen LogP contribution in [0, 0.1) is 0 Å². The fourth-order valence-corrected chi connectivity index (χ4v) is 1.87. The van der Waals surface area contributed by atoms with E-state index in [0.29, 0.717) is 6.04 Å². The van der Waals surface area contributed by atoms with E-state index in [9.17, 15) is 0 Å². The Morgan fingerprint density at radius 2 is 1.94 bits per heavy atom. The van der Waals surface area contributed by atoms with Crippen molar-refractivity contribution in [1.29, 1.82) is 0 Å². The minimum Gasteiger partial charge on any atom is -0.394 e. The van der Waals surface area contributed by atoms with Gasteiger partial charge < -0.3 is 11.1 Å². The minimum atomic E-state index is 0.479. The number of nitrogens with two attached hydrogens (primary N) is 1. The third kappa shape index (κ3) is 2.68. The lowest BCUT2D eigenvalue weighted by atomic mass is 10.1. The van der Waals surface area contributed by atoms with Gasteiger partial charge >= 0.3 is 0 Å². The molecule has 92 valence electrons. The molecule has 0 radical (unpaired) electrons. The third-order valence-corrected chi connectivity index (χ3v) is 2.97. The summed E-state index contributed by atoms with van der Waals surface area (Å²) in [7, 11) is 1.94. The molecule has 0 saturated carbocycles. The Kier molecular flexibility index (Phi) is 4.65. The van der Waals surface area contributed by atoms with Crippen LogP contribution in [0.3, 0.4) is 0 Å². The summed E-state index contributed by atoms with van der Waals surface area (Å²) < 4.78 is 1.86. The third-order valence-electron chi connectivity index (χ3n) is 2.97. The molecule has 0 aliphatic rings. The van der Waals surface area contributed by atoms with E-state index in [2.05, 4.69) is 31.2 Å². The van der Waals surface area contributed by atoms with Gasteiger partial charge in [-0.05, 0) is 19.3 Å². The second-order valence-electron chi connectivity index (χ2n) is 4.24. The van der Waals surface area contributed by atoms with Crippen LogP contribution in [0.4, 0.5) is 11.5 Å². The Morgan fingerprint density at radius 1 is 1.31 bits per heavy atom. The van der Waals surface area contributed by atoms with Crippen molar-refractivity contribution in [1.82, 2.24) is 9.78 Å². The molecule has 0 unspecified atom stereocenters. The van der Waals surface area contributed by atoms with Crippen molar-refractivity contribution in [3.05, 3.63) is 5.69 Å². The van der Waals surface area contributed by atoms with Gasteiger partial charge in [-0.1, -0.05) is 27.2 Å². The molecule has 0 fully saturated rings. The molecule has 1 aromatic rings. The second-order valence-corrected chi connectivity index (χ2v) is 4.24. The number of hydrogen-bond acceptors (Lipinski definition) is 3. The van der Waals surface area contributed by atoms with Crippen molar-refractivity contribution < 1.29 is 0 Å². The molecule has 4 heteroatoms. The summed E-state index contributed by atoms with van der Waals surface area (Å²) in [6.45, 7) is 6.50. The van der Waals surface area contributed by atoms with Crippen molar-refractivity contribution in [3.63, 3.8) is 0 Å². The van der Waals surface area contributed by atoms with Crippen LogP contribution in [0.5, 0.6) is 0 Å². The van der Waals surface area contributed by atoms with Gasteiger partial charge in [0.2, 0.25) is 0 Å². The maximum atomic E-state index is 6.10. The molecule has 1 rings (SSSR count). The summed E-state index contributed by atoms with van der Waals surface area (Å²) in [6.07, 6.45) is 4.23. The smallest absolute Gasteiger partial charge is 0.147 e. The van der Waals surface area contributed by atoms with Gasteiger partial charge in [-0.3, -0.25) is 4.68 Å². The van der Waals surface area contributed by atoms with E-state index >= 15 is 0 Å². The van der Waals surface area contributed by atoms with Crippen molar-refractivity contribution >= 4 is 11.5 Å². The number of nitrogens with zero attached hydrogens (tertiary/aromatic N) is 2. The van der Waals surface area contributed by atoms with Crippen LogP contribution in [0.15, 0.2) is 0 Å². The van der Waals surface area contributed by atoms with E-state index in [1.165, 1.54) is 0 Å². The van der Waals surface area contributed by atoms with E-state index in [1.54, 1.807) is 0 Å². The molecule has 0 aromatic carbocycles. The lowest BCUT2D eigenvalue weighted by Gasteiger charge is -2.16. The zero-order valence-electron chi connectivity index (χ0n) is 10.9. The quantitative estimate of drug-likeness (QED) is 0.780. The van der Waals surface area contributed by atoms with E-state index in [-0.39, 0.29) is 0 Å². The van der Waals surface area contributed by atoms with Crippen molar-refractivity contribution in [2.75, 3.05) is 11.1 Å². The molecule has 0 atom stereocenters. The molecule has 0 amide bonds. The molecule has 0 aliphatic carbocycles. The van der Waals surface area contributed by atoms with Crippen LogP contribution in [0.2, 0.25) is 0 Å². The molecule has 1 aromatic heterocycles. The van der Waals surface area contributed by atoms with Crippen LogP contribution in [-0.2, 0) is 13.5 Å². The van der Waals surface area contributed by atoms with Gasteiger partial charge in [0.1, 0.15) is 5.82 Å². The first kappa shape index (κ1) is 12.9. The highest BCUT2D eigenvalue weighted by molar-refractivity contribution is 5.65. The highest BCUT2D eigenvalue weighted by atomic mass is 15.3. The molecule has 0 spiro atoms. The molecule has 1 heterocycles. The van der Waals surface area contributed by atoms with E-state index in [1.807, 2.05) is 11.7 Å². The Bertz CT molecular complexity index is 326. The Hall–Kier alpha value is -1.19. The maximum absolute atomic E-state index is 6.10. The summed E-state index contributed by atoms with van der Waals surface area (Å²) >= 11 is 0. The zero-order valence-corrected chi connectivity index (χ0v) is 10.9. The lowest BCUT2D eigenvalue weighted by molar-refractivity contribution is 0.652. The molecule has 0 aliphatic heterocycles. The summed E-state index contributed by atoms with van der Waals surface area (Å²) in [5.74, 6) is 0.970. The average Bonchev–Trinajstić information content (AvgIpc) is 2.53. The Balaban J connectivity index is 2.86. The summed E-state index contributed by atoms with van der Waals surface area (Å²) in [4.78, 5) is 0. The Morgan fingerprint density at radius 3 is 2.44 bits per heavy atom. The van der Waals surface area contributed by atoms with Crippen molar-refractivity contribution in [2.45, 2.75) is 52.5 Å². The normalized spacial score (nSPS) is 11.1. The van der Waals surface area contributed by atoms with Gasteiger partial charge in [0.25, 0.3) is 0 Å². The Labute approximate surface area is 98.2 Å². The first-order valence-electron chi connectivity index (χ1n) is 6.21. The standard InChI is InChI=1S/C12H24N4/c1-5-8-10-11(13)12(16(4)15-10)14-9(6-2)7-3/h9,14H,5-8,13H2,1-4H3. The van der Waals surface area contributed by atoms with Gasteiger partial charge in [-0.15, -0.1) is 0 Å². The monoisotopic (exact) mass is 224 g/mol. The van der Waals surface area contributed by atoms with Gasteiger partial charge in [-0.2, -0.15) is 5.10 Å². The van der Waals surface area contributed by atoms with Gasteiger partial charge in [-0.25, -0.2) is 0 Å². The largest absolute Gasteiger partial charge is 0.394 e. The lowest BCUT2D eigenvalue weighted by Crippen LogP contribution is -2.19. The van der Waals surface area contributed by atoms with Crippen LogP contribution in [0.1, 0.15) is 45.7 Å². The number of aryl methyl sites for hydroxylation is 2. The van der Waals surface area contributed by atoms with Crippen LogP contribution in [-0.4, -0.2) is 15.8 Å². The highest BCUT2D eigenvalue weighted by Crippen LogP contribution is 2.24. The fourth-order valence-electron chi connectivity index (χ4n) is 1.87. The van der Waals surface area contributed by atoms with Gasteiger partial charge in [0.05, 0.1) is 11.4 Å². The van der Waals surface area contributed by atoms with Gasteiger partial charge in [0, 0.05) is 13.1 Å². The summed E-state index contributed by atoms with van der Waals surface area (Å²) in [6, 6.07) is 0.479. The first-order chi connectivity index (χ1) is 7.63. The average molecular weight is 224 g/mol. The SMILES string of the molecule is CCCc1nn(C)c(NC(CC)CC)c1N. The number of rotatable bonds is 6. The summed E-state index contributed by atoms with van der Waals surface area (Å²) in [5, 5.41) is 7.92. The van der Waals surface area contributed by atoms with Crippen LogP contribution >= 0.6 is 0 Å². The topological polar surface area (TPSA) is 55.9 Å². The maximum Gasteiger partial charge on any atom is 0.147 e. The number of hydrogen-bond donors (Lipinski definition) is 2. The molecule has 0 bridgehead atoms. The van der Waals surface area contributed by atoms with Crippen LogP contribution < -0.4 is 11.1 Å². The number of anilines is 2. The highest BCUT2D eigenvalue weighted by Gasteiger charge is 2.14. The van der Waals surface area contributed by atoms with E-state index in [4.69, 9.17) is 5.73 Å². The van der Waals surface area contributed by atoms with Crippen molar-refractivity contribution in [3.8, 4) is 0 Å².